The predicted octanol–water partition coefficient (Wildman–Crippen LogP) is 4.49. The Labute approximate surface area is 107 Å². The minimum Gasteiger partial charge on any atom is -0.115 e. The molecule has 3 aromatic carbocycles. The van der Waals surface area contributed by atoms with E-state index in [9.17, 15) is 0 Å². The highest BCUT2D eigenvalue weighted by atomic mass is 14.1. The van der Waals surface area contributed by atoms with Gasteiger partial charge in [-0.25, -0.2) is 0 Å². The molecule has 0 saturated carbocycles. The van der Waals surface area contributed by atoms with E-state index in [1.165, 1.54) is 16.3 Å². The van der Waals surface area contributed by atoms with Crippen molar-refractivity contribution >= 4 is 10.8 Å². The van der Waals surface area contributed by atoms with Crippen LogP contribution in [0.15, 0.2) is 66.7 Å². The van der Waals surface area contributed by atoms with Crippen molar-refractivity contribution in [1.29, 1.82) is 0 Å². The van der Waals surface area contributed by atoms with E-state index >= 15 is 0 Å². The molecular weight excluding hydrogens is 216 g/mol. The fourth-order valence-corrected chi connectivity index (χ4v) is 2.22. The lowest BCUT2D eigenvalue weighted by atomic mass is 9.97. The maximum atomic E-state index is 5.55. The number of benzene rings is 3. The first-order valence-electron chi connectivity index (χ1n) is 5.93. The standard InChI is InChI=1S/C18H12/c1-2-14-7-5-6-10-18(14)17-12-11-15-8-3-4-9-16(15)13-17/h1,3-13H. The van der Waals surface area contributed by atoms with E-state index in [1.54, 1.807) is 0 Å². The highest BCUT2D eigenvalue weighted by Gasteiger charge is 2.03. The Balaban J connectivity index is 2.23. The first-order chi connectivity index (χ1) is 8.88. The van der Waals surface area contributed by atoms with Gasteiger partial charge in [0.15, 0.2) is 0 Å². The summed E-state index contributed by atoms with van der Waals surface area (Å²) in [6.07, 6.45) is 5.55. The van der Waals surface area contributed by atoms with Crippen molar-refractivity contribution in [2.24, 2.45) is 0 Å². The molecule has 18 heavy (non-hydrogen) atoms. The smallest absolute Gasteiger partial charge is 0.0321 e. The van der Waals surface area contributed by atoms with Crippen LogP contribution in [0.4, 0.5) is 0 Å². The third-order valence-electron chi connectivity index (χ3n) is 3.14. The van der Waals surface area contributed by atoms with Gasteiger partial charge in [-0.3, -0.25) is 0 Å². The highest BCUT2D eigenvalue weighted by molar-refractivity contribution is 5.88. The topological polar surface area (TPSA) is 0 Å². The van der Waals surface area contributed by atoms with Crippen LogP contribution in [0.1, 0.15) is 5.56 Å². The zero-order valence-corrected chi connectivity index (χ0v) is 9.93. The van der Waals surface area contributed by atoms with Gasteiger partial charge in [-0.15, -0.1) is 6.42 Å². The summed E-state index contributed by atoms with van der Waals surface area (Å²) >= 11 is 0. The van der Waals surface area contributed by atoms with Gasteiger partial charge in [0, 0.05) is 5.56 Å². The lowest BCUT2D eigenvalue weighted by Crippen LogP contribution is -1.83. The van der Waals surface area contributed by atoms with Crippen molar-refractivity contribution < 1.29 is 0 Å². The van der Waals surface area contributed by atoms with E-state index in [1.807, 2.05) is 18.2 Å². The van der Waals surface area contributed by atoms with E-state index in [0.717, 1.165) is 11.1 Å². The Kier molecular flexibility index (Phi) is 2.59. The summed E-state index contributed by atoms with van der Waals surface area (Å²) < 4.78 is 0. The second-order valence-corrected chi connectivity index (χ2v) is 4.25. The highest BCUT2D eigenvalue weighted by Crippen LogP contribution is 2.26. The number of hydrogen-bond donors (Lipinski definition) is 0. The Bertz CT molecular complexity index is 745. The molecule has 0 N–H and O–H groups in total. The monoisotopic (exact) mass is 228 g/mol. The minimum atomic E-state index is 0.938. The lowest BCUT2D eigenvalue weighted by Gasteiger charge is -2.06. The van der Waals surface area contributed by atoms with Gasteiger partial charge in [-0.05, 0) is 34.0 Å². The quantitative estimate of drug-likeness (QED) is 0.538. The molecule has 0 heterocycles. The largest absolute Gasteiger partial charge is 0.115 e. The molecule has 0 heteroatoms. The van der Waals surface area contributed by atoms with E-state index in [0.29, 0.717) is 0 Å². The molecule has 3 aromatic rings. The molecule has 0 aromatic heterocycles. The van der Waals surface area contributed by atoms with Crippen LogP contribution in [0, 0.1) is 12.3 Å². The molecule has 0 fully saturated rings. The van der Waals surface area contributed by atoms with Crippen molar-refractivity contribution in [2.45, 2.75) is 0 Å². The minimum absolute atomic E-state index is 0.938. The molecular formula is C18H12. The second kappa shape index (κ2) is 4.39. The van der Waals surface area contributed by atoms with Gasteiger partial charge in [0.05, 0.1) is 0 Å². The molecule has 84 valence electrons. The van der Waals surface area contributed by atoms with Gasteiger partial charge in [-0.1, -0.05) is 60.5 Å². The van der Waals surface area contributed by atoms with Crippen molar-refractivity contribution in [3.63, 3.8) is 0 Å². The van der Waals surface area contributed by atoms with Crippen molar-refractivity contribution in [3.05, 3.63) is 72.3 Å². The third kappa shape index (κ3) is 1.77. The summed E-state index contributed by atoms with van der Waals surface area (Å²) in [7, 11) is 0. The fourth-order valence-electron chi connectivity index (χ4n) is 2.22. The van der Waals surface area contributed by atoms with Crippen molar-refractivity contribution in [1.82, 2.24) is 0 Å². The Morgan fingerprint density at radius 3 is 2.28 bits per heavy atom. The molecule has 3 rings (SSSR count). The van der Waals surface area contributed by atoms with Gasteiger partial charge in [-0.2, -0.15) is 0 Å². The molecule has 0 aliphatic heterocycles. The van der Waals surface area contributed by atoms with Gasteiger partial charge in [0.25, 0.3) is 0 Å². The normalized spacial score (nSPS) is 10.2. The maximum Gasteiger partial charge on any atom is 0.0321 e. The second-order valence-electron chi connectivity index (χ2n) is 4.25. The molecule has 0 bridgehead atoms. The maximum absolute atomic E-state index is 5.55. The molecule has 0 spiro atoms. The summed E-state index contributed by atoms with van der Waals surface area (Å²) in [5, 5.41) is 2.49. The number of rotatable bonds is 1. The van der Waals surface area contributed by atoms with Crippen molar-refractivity contribution in [2.75, 3.05) is 0 Å². The number of fused-ring (bicyclic) bond motifs is 1. The average Bonchev–Trinajstić information content (AvgIpc) is 2.46. The van der Waals surface area contributed by atoms with Crippen LogP contribution in [0.2, 0.25) is 0 Å². The fraction of sp³-hybridized carbons (Fsp3) is 0. The summed E-state index contributed by atoms with van der Waals surface area (Å²) in [5.74, 6) is 2.74. The van der Waals surface area contributed by atoms with E-state index in [4.69, 9.17) is 6.42 Å². The van der Waals surface area contributed by atoms with Gasteiger partial charge in [0.1, 0.15) is 0 Å². The van der Waals surface area contributed by atoms with E-state index in [-0.39, 0.29) is 0 Å². The Morgan fingerprint density at radius 1 is 0.722 bits per heavy atom. The van der Waals surface area contributed by atoms with Crippen LogP contribution in [-0.4, -0.2) is 0 Å². The summed E-state index contributed by atoms with van der Waals surface area (Å²) in [5.41, 5.74) is 3.22. The first-order valence-corrected chi connectivity index (χ1v) is 5.93. The molecule has 0 saturated heterocycles. The molecule has 0 aliphatic carbocycles. The summed E-state index contributed by atoms with van der Waals surface area (Å²) in [6.45, 7) is 0. The summed E-state index contributed by atoms with van der Waals surface area (Å²) in [4.78, 5) is 0. The van der Waals surface area contributed by atoms with Crippen LogP contribution in [0.5, 0.6) is 0 Å². The van der Waals surface area contributed by atoms with E-state index in [2.05, 4.69) is 54.5 Å². The van der Waals surface area contributed by atoms with Crippen molar-refractivity contribution in [3.8, 4) is 23.5 Å². The van der Waals surface area contributed by atoms with Crippen LogP contribution in [-0.2, 0) is 0 Å². The lowest BCUT2D eigenvalue weighted by molar-refractivity contribution is 1.60. The van der Waals surface area contributed by atoms with Crippen LogP contribution in [0.25, 0.3) is 21.9 Å². The average molecular weight is 228 g/mol. The SMILES string of the molecule is C#Cc1ccccc1-c1ccc2ccccc2c1. The predicted molar refractivity (Wildman–Crippen MR) is 77.3 cm³/mol. The molecule has 0 atom stereocenters. The first kappa shape index (κ1) is 10.6. The molecule has 0 radical (unpaired) electrons. The number of terminal acetylenes is 1. The van der Waals surface area contributed by atoms with Crippen LogP contribution < -0.4 is 0 Å². The van der Waals surface area contributed by atoms with Crippen LogP contribution >= 0.6 is 0 Å². The van der Waals surface area contributed by atoms with Gasteiger partial charge in [0.2, 0.25) is 0 Å². The van der Waals surface area contributed by atoms with Crippen LogP contribution in [0.3, 0.4) is 0 Å². The zero-order valence-electron chi connectivity index (χ0n) is 9.93. The van der Waals surface area contributed by atoms with Gasteiger partial charge >= 0.3 is 0 Å². The molecule has 0 nitrogen and oxygen atoms in total. The Morgan fingerprint density at radius 2 is 1.44 bits per heavy atom. The Hall–Kier alpha value is -2.52. The third-order valence-corrected chi connectivity index (χ3v) is 3.14. The van der Waals surface area contributed by atoms with E-state index < -0.39 is 0 Å². The number of hydrogen-bond acceptors (Lipinski definition) is 0. The molecule has 0 aliphatic rings. The molecule has 0 unspecified atom stereocenters. The summed E-state index contributed by atoms with van der Waals surface area (Å²) in [6, 6.07) is 22.8. The molecule has 0 amide bonds. The van der Waals surface area contributed by atoms with Gasteiger partial charge < -0.3 is 0 Å². The zero-order chi connectivity index (χ0) is 12.4.